The van der Waals surface area contributed by atoms with Crippen LogP contribution in [-0.4, -0.2) is 36.6 Å². The van der Waals surface area contributed by atoms with Gasteiger partial charge in [-0.3, -0.25) is 4.79 Å². The van der Waals surface area contributed by atoms with E-state index in [4.69, 9.17) is 4.74 Å². The molecule has 0 radical (unpaired) electrons. The highest BCUT2D eigenvalue weighted by Crippen LogP contribution is 2.18. The highest BCUT2D eigenvalue weighted by atomic mass is 16.5. The van der Waals surface area contributed by atoms with E-state index in [9.17, 15) is 9.59 Å². The summed E-state index contributed by atoms with van der Waals surface area (Å²) in [6.45, 7) is 6.40. The first kappa shape index (κ1) is 13.0. The van der Waals surface area contributed by atoms with Gasteiger partial charge in [-0.05, 0) is 40.2 Å². The predicted molar refractivity (Wildman–Crippen MR) is 59.9 cm³/mol. The van der Waals surface area contributed by atoms with E-state index in [1.807, 2.05) is 6.92 Å². The molecule has 1 saturated heterocycles. The predicted octanol–water partition coefficient (Wildman–Crippen LogP) is 0.196. The number of hydrogen-bond acceptors (Lipinski definition) is 4. The summed E-state index contributed by atoms with van der Waals surface area (Å²) in [6.07, 6.45) is 1.78. The molecule has 0 aromatic rings. The van der Waals surface area contributed by atoms with Gasteiger partial charge in [0.25, 0.3) is 0 Å². The van der Waals surface area contributed by atoms with Gasteiger partial charge < -0.3 is 15.4 Å². The van der Waals surface area contributed by atoms with E-state index in [-0.39, 0.29) is 5.91 Å². The van der Waals surface area contributed by atoms with Crippen molar-refractivity contribution in [2.24, 2.45) is 0 Å². The average Bonchev–Trinajstić information content (AvgIpc) is 2.66. The van der Waals surface area contributed by atoms with Gasteiger partial charge in [0, 0.05) is 0 Å². The Balaban J connectivity index is 2.47. The first-order valence-electron chi connectivity index (χ1n) is 5.72. The standard InChI is InChI=1S/C11H20N2O3/c1-4-16-9(14)8(2)13-10(15)11(3)6-5-7-12-11/h8,12H,4-7H2,1-3H3,(H,13,15). The maximum absolute atomic E-state index is 11.9. The molecule has 1 amide bonds. The molecule has 1 fully saturated rings. The Bertz CT molecular complexity index is 272. The van der Waals surface area contributed by atoms with Gasteiger partial charge in [-0.2, -0.15) is 0 Å². The molecule has 5 heteroatoms. The van der Waals surface area contributed by atoms with Crippen LogP contribution in [0.3, 0.4) is 0 Å². The number of esters is 1. The van der Waals surface area contributed by atoms with Crippen LogP contribution in [0.2, 0.25) is 0 Å². The Kier molecular flexibility index (Phi) is 4.29. The molecule has 1 heterocycles. The van der Waals surface area contributed by atoms with Crippen LogP contribution in [0, 0.1) is 0 Å². The summed E-state index contributed by atoms with van der Waals surface area (Å²) in [5, 5.41) is 5.82. The van der Waals surface area contributed by atoms with E-state index in [2.05, 4.69) is 10.6 Å². The second kappa shape index (κ2) is 5.30. The fourth-order valence-electron chi connectivity index (χ4n) is 1.77. The van der Waals surface area contributed by atoms with Crippen molar-refractivity contribution in [1.82, 2.24) is 10.6 Å². The smallest absolute Gasteiger partial charge is 0.328 e. The van der Waals surface area contributed by atoms with Crippen molar-refractivity contribution in [1.29, 1.82) is 0 Å². The summed E-state index contributed by atoms with van der Waals surface area (Å²) in [7, 11) is 0. The molecule has 2 unspecified atom stereocenters. The monoisotopic (exact) mass is 228 g/mol. The number of ether oxygens (including phenoxy) is 1. The van der Waals surface area contributed by atoms with Crippen LogP contribution in [0.25, 0.3) is 0 Å². The quantitative estimate of drug-likeness (QED) is 0.674. The molecule has 1 rings (SSSR count). The van der Waals surface area contributed by atoms with E-state index in [1.165, 1.54) is 0 Å². The van der Waals surface area contributed by atoms with Gasteiger partial charge in [-0.25, -0.2) is 4.79 Å². The lowest BCUT2D eigenvalue weighted by molar-refractivity contribution is -0.147. The Morgan fingerprint density at radius 3 is 2.75 bits per heavy atom. The summed E-state index contributed by atoms with van der Waals surface area (Å²) in [4.78, 5) is 23.2. The van der Waals surface area contributed by atoms with Crippen molar-refractivity contribution < 1.29 is 14.3 Å². The Labute approximate surface area is 95.9 Å². The minimum absolute atomic E-state index is 0.134. The van der Waals surface area contributed by atoms with Gasteiger partial charge in [-0.1, -0.05) is 0 Å². The molecular formula is C11H20N2O3. The van der Waals surface area contributed by atoms with Gasteiger partial charge in [0.1, 0.15) is 6.04 Å². The normalized spacial score (nSPS) is 26.2. The number of rotatable bonds is 4. The Morgan fingerprint density at radius 2 is 2.25 bits per heavy atom. The number of carbonyl (C=O) groups is 2. The van der Waals surface area contributed by atoms with Gasteiger partial charge >= 0.3 is 5.97 Å². The van der Waals surface area contributed by atoms with Crippen molar-refractivity contribution >= 4 is 11.9 Å². The molecule has 1 aliphatic rings. The van der Waals surface area contributed by atoms with Crippen molar-refractivity contribution in [2.45, 2.75) is 45.2 Å². The maximum atomic E-state index is 11.9. The third kappa shape index (κ3) is 2.95. The lowest BCUT2D eigenvalue weighted by atomic mass is 9.99. The van der Waals surface area contributed by atoms with Crippen LogP contribution < -0.4 is 10.6 Å². The number of hydrogen-bond donors (Lipinski definition) is 2. The molecule has 2 N–H and O–H groups in total. The number of carbonyl (C=O) groups excluding carboxylic acids is 2. The number of nitrogens with one attached hydrogen (secondary N) is 2. The van der Waals surface area contributed by atoms with Crippen molar-refractivity contribution in [2.75, 3.05) is 13.2 Å². The molecule has 1 aliphatic heterocycles. The van der Waals surface area contributed by atoms with Crippen LogP contribution in [0.15, 0.2) is 0 Å². The molecule has 2 atom stereocenters. The fraction of sp³-hybridized carbons (Fsp3) is 0.818. The zero-order valence-corrected chi connectivity index (χ0v) is 10.1. The minimum Gasteiger partial charge on any atom is -0.464 e. The van der Waals surface area contributed by atoms with E-state index in [1.54, 1.807) is 13.8 Å². The third-order valence-electron chi connectivity index (χ3n) is 2.86. The Hall–Kier alpha value is -1.10. The van der Waals surface area contributed by atoms with Crippen molar-refractivity contribution in [3.8, 4) is 0 Å². The molecule has 0 aliphatic carbocycles. The van der Waals surface area contributed by atoms with Crippen LogP contribution in [-0.2, 0) is 14.3 Å². The topological polar surface area (TPSA) is 67.4 Å². The minimum atomic E-state index is -0.591. The van der Waals surface area contributed by atoms with E-state index in [0.29, 0.717) is 6.61 Å². The summed E-state index contributed by atoms with van der Waals surface area (Å²) >= 11 is 0. The van der Waals surface area contributed by atoms with Crippen LogP contribution in [0.1, 0.15) is 33.6 Å². The molecule has 0 spiro atoms. The summed E-state index contributed by atoms with van der Waals surface area (Å²) < 4.78 is 4.83. The zero-order valence-electron chi connectivity index (χ0n) is 10.1. The fourth-order valence-corrected chi connectivity index (χ4v) is 1.77. The van der Waals surface area contributed by atoms with Crippen molar-refractivity contribution in [3.63, 3.8) is 0 Å². The summed E-state index contributed by atoms with van der Waals surface area (Å²) in [5.74, 6) is -0.525. The highest BCUT2D eigenvalue weighted by molar-refractivity contribution is 5.90. The SMILES string of the molecule is CCOC(=O)C(C)NC(=O)C1(C)CCCN1. The summed E-state index contributed by atoms with van der Waals surface area (Å²) in [5.41, 5.74) is -0.541. The average molecular weight is 228 g/mol. The van der Waals surface area contributed by atoms with Gasteiger partial charge in [0.05, 0.1) is 12.1 Å². The zero-order chi connectivity index (χ0) is 12.2. The van der Waals surface area contributed by atoms with Crippen LogP contribution >= 0.6 is 0 Å². The van der Waals surface area contributed by atoms with Gasteiger partial charge in [0.2, 0.25) is 5.91 Å². The van der Waals surface area contributed by atoms with Crippen LogP contribution in [0.5, 0.6) is 0 Å². The molecule has 0 aromatic heterocycles. The first-order chi connectivity index (χ1) is 7.49. The third-order valence-corrected chi connectivity index (χ3v) is 2.86. The largest absolute Gasteiger partial charge is 0.464 e. The van der Waals surface area contributed by atoms with E-state index >= 15 is 0 Å². The summed E-state index contributed by atoms with van der Waals surface area (Å²) in [6, 6.07) is -0.591. The van der Waals surface area contributed by atoms with Gasteiger partial charge in [-0.15, -0.1) is 0 Å². The lowest BCUT2D eigenvalue weighted by Crippen LogP contribution is -2.54. The molecule has 0 saturated carbocycles. The molecule has 16 heavy (non-hydrogen) atoms. The first-order valence-corrected chi connectivity index (χ1v) is 5.72. The molecule has 92 valence electrons. The van der Waals surface area contributed by atoms with Crippen molar-refractivity contribution in [3.05, 3.63) is 0 Å². The molecule has 5 nitrogen and oxygen atoms in total. The van der Waals surface area contributed by atoms with Gasteiger partial charge in [0.15, 0.2) is 0 Å². The molecule has 0 aromatic carbocycles. The van der Waals surface area contributed by atoms with Crippen LogP contribution in [0.4, 0.5) is 0 Å². The Morgan fingerprint density at radius 1 is 1.56 bits per heavy atom. The highest BCUT2D eigenvalue weighted by Gasteiger charge is 2.37. The lowest BCUT2D eigenvalue weighted by Gasteiger charge is -2.24. The van der Waals surface area contributed by atoms with E-state index < -0.39 is 17.6 Å². The maximum Gasteiger partial charge on any atom is 0.328 e. The van der Waals surface area contributed by atoms with E-state index in [0.717, 1.165) is 19.4 Å². The second-order valence-corrected chi connectivity index (χ2v) is 4.31. The molecule has 0 bridgehead atoms. The second-order valence-electron chi connectivity index (χ2n) is 4.31. The molecular weight excluding hydrogens is 208 g/mol. The number of amides is 1.